The second-order valence-electron chi connectivity index (χ2n) is 10.7. The van der Waals surface area contributed by atoms with Gasteiger partial charge in [0, 0.05) is 24.8 Å². The van der Waals surface area contributed by atoms with Crippen LogP contribution in [-0.4, -0.2) is 24.2 Å². The lowest BCUT2D eigenvalue weighted by Crippen LogP contribution is -2.42. The zero-order valence-electron chi connectivity index (χ0n) is 25.7. The first-order valence-electron chi connectivity index (χ1n) is 14.9. The van der Waals surface area contributed by atoms with E-state index >= 15 is 0 Å². The summed E-state index contributed by atoms with van der Waals surface area (Å²) in [6.07, 6.45) is 10.0. The van der Waals surface area contributed by atoms with Gasteiger partial charge in [0.2, 0.25) is 5.91 Å². The van der Waals surface area contributed by atoms with Gasteiger partial charge >= 0.3 is 0 Å². The van der Waals surface area contributed by atoms with Crippen LogP contribution in [0.5, 0.6) is 0 Å². The Kier molecular flexibility index (Phi) is 20.4. The number of carbonyl (C=O) groups excluding carboxylic acids is 1. The van der Waals surface area contributed by atoms with Crippen molar-refractivity contribution < 1.29 is 14.3 Å². The molecule has 2 aromatic carbocycles. The van der Waals surface area contributed by atoms with E-state index in [-0.39, 0.29) is 24.2 Å². The van der Waals surface area contributed by atoms with Crippen molar-refractivity contribution in [2.24, 2.45) is 11.8 Å². The van der Waals surface area contributed by atoms with Gasteiger partial charge in [0.1, 0.15) is 5.82 Å². The Morgan fingerprint density at radius 2 is 1.58 bits per heavy atom. The molecule has 3 rings (SSSR count). The average Bonchev–Trinajstić information content (AvgIpc) is 2.89. The Labute approximate surface area is 233 Å². The molecule has 0 radical (unpaired) electrons. The summed E-state index contributed by atoms with van der Waals surface area (Å²) in [4.78, 5) is 14.4. The highest BCUT2D eigenvalue weighted by atomic mass is 19.1. The molecule has 1 unspecified atom stereocenters. The van der Waals surface area contributed by atoms with E-state index in [0.29, 0.717) is 6.42 Å². The number of unbranched alkanes of at least 4 members (excludes halogenated alkanes) is 3. The molecule has 2 aromatic rings. The molecule has 0 aromatic heterocycles. The monoisotopic (exact) mass is 529 g/mol. The number of aliphatic hydroxyl groups is 1. The van der Waals surface area contributed by atoms with Crippen LogP contribution in [0.15, 0.2) is 42.5 Å². The third-order valence-corrected chi connectivity index (χ3v) is 6.66. The number of halogens is 1. The van der Waals surface area contributed by atoms with Crippen molar-refractivity contribution in [3.05, 3.63) is 65.0 Å². The van der Waals surface area contributed by atoms with Crippen LogP contribution >= 0.6 is 0 Å². The van der Waals surface area contributed by atoms with Gasteiger partial charge in [-0.05, 0) is 73.9 Å². The molecule has 0 saturated carbocycles. The number of carbonyl (C=O) groups is 1. The molecule has 1 amide bonds. The molecule has 1 heterocycles. The van der Waals surface area contributed by atoms with E-state index in [9.17, 15) is 9.18 Å². The van der Waals surface area contributed by atoms with Crippen molar-refractivity contribution in [1.29, 1.82) is 0 Å². The molecule has 0 bridgehead atoms. The van der Waals surface area contributed by atoms with Crippen LogP contribution in [-0.2, 0) is 11.2 Å². The first kappa shape index (κ1) is 35.8. The number of hydrogen-bond acceptors (Lipinski definition) is 2. The summed E-state index contributed by atoms with van der Waals surface area (Å²) in [5, 5.41) is 9.11. The SMILES string of the molecule is CCCC.CCCC(C)C.CCCCCN1C(=O)C(CCO)Cc2ccccc21.Cc1ccc(F)cc1C. The third kappa shape index (κ3) is 14.7. The molecule has 0 saturated heterocycles. The first-order chi connectivity index (χ1) is 18.2. The maximum absolute atomic E-state index is 12.5. The van der Waals surface area contributed by atoms with Gasteiger partial charge in [-0.2, -0.15) is 0 Å². The van der Waals surface area contributed by atoms with E-state index in [1.807, 2.05) is 36.9 Å². The highest BCUT2D eigenvalue weighted by molar-refractivity contribution is 5.98. The molecular formula is C34H56FNO2. The Hall–Kier alpha value is -2.20. The summed E-state index contributed by atoms with van der Waals surface area (Å²) in [5.41, 5.74) is 4.45. The van der Waals surface area contributed by atoms with E-state index in [4.69, 9.17) is 5.11 Å². The quantitative estimate of drug-likeness (QED) is 0.329. The van der Waals surface area contributed by atoms with Crippen LogP contribution in [0.3, 0.4) is 0 Å². The number of aliphatic hydroxyl groups excluding tert-OH is 1. The van der Waals surface area contributed by atoms with Gasteiger partial charge in [0.05, 0.1) is 0 Å². The van der Waals surface area contributed by atoms with Gasteiger partial charge in [-0.15, -0.1) is 0 Å². The molecule has 1 N–H and O–H groups in total. The van der Waals surface area contributed by atoms with E-state index < -0.39 is 0 Å². The summed E-state index contributed by atoms with van der Waals surface area (Å²) >= 11 is 0. The van der Waals surface area contributed by atoms with Gasteiger partial charge in [-0.1, -0.05) is 104 Å². The number of rotatable bonds is 9. The predicted octanol–water partition coefficient (Wildman–Crippen LogP) is 9.46. The maximum Gasteiger partial charge on any atom is 0.230 e. The van der Waals surface area contributed by atoms with Crippen molar-refractivity contribution in [1.82, 2.24) is 0 Å². The highest BCUT2D eigenvalue weighted by Gasteiger charge is 2.31. The summed E-state index contributed by atoms with van der Waals surface area (Å²) in [7, 11) is 0. The smallest absolute Gasteiger partial charge is 0.230 e. The number of anilines is 1. The van der Waals surface area contributed by atoms with Crippen LogP contribution < -0.4 is 4.90 Å². The zero-order valence-corrected chi connectivity index (χ0v) is 25.7. The van der Waals surface area contributed by atoms with Crippen molar-refractivity contribution >= 4 is 11.6 Å². The van der Waals surface area contributed by atoms with Gasteiger partial charge in [-0.3, -0.25) is 4.79 Å². The molecule has 38 heavy (non-hydrogen) atoms. The molecule has 0 spiro atoms. The Morgan fingerprint density at radius 1 is 0.921 bits per heavy atom. The topological polar surface area (TPSA) is 40.5 Å². The van der Waals surface area contributed by atoms with Crippen molar-refractivity contribution in [3.8, 4) is 0 Å². The molecule has 1 aliphatic rings. The first-order valence-corrected chi connectivity index (χ1v) is 14.9. The normalized spacial score (nSPS) is 13.9. The van der Waals surface area contributed by atoms with Crippen LogP contribution in [0.4, 0.5) is 10.1 Å². The number of para-hydroxylation sites is 1. The number of aryl methyl sites for hydroxylation is 2. The van der Waals surface area contributed by atoms with Gasteiger partial charge in [-0.25, -0.2) is 4.39 Å². The number of amides is 1. The minimum absolute atomic E-state index is 0.0541. The van der Waals surface area contributed by atoms with Gasteiger partial charge < -0.3 is 10.0 Å². The fourth-order valence-electron chi connectivity index (χ4n) is 4.05. The van der Waals surface area contributed by atoms with Gasteiger partial charge in [0.25, 0.3) is 0 Å². The summed E-state index contributed by atoms with van der Waals surface area (Å²) < 4.78 is 12.3. The molecule has 3 nitrogen and oxygen atoms in total. The molecule has 216 valence electrons. The van der Waals surface area contributed by atoms with E-state index in [1.165, 1.54) is 43.4 Å². The lowest BCUT2D eigenvalue weighted by Gasteiger charge is -2.34. The number of benzene rings is 2. The Morgan fingerprint density at radius 3 is 2.05 bits per heavy atom. The van der Waals surface area contributed by atoms with E-state index in [1.54, 1.807) is 6.07 Å². The summed E-state index contributed by atoms with van der Waals surface area (Å²) in [6.45, 7) is 18.0. The summed E-state index contributed by atoms with van der Waals surface area (Å²) in [6, 6.07) is 12.9. The second-order valence-corrected chi connectivity index (χ2v) is 10.7. The molecule has 1 aliphatic heterocycles. The molecule has 1 atom stereocenters. The lowest BCUT2D eigenvalue weighted by molar-refractivity contribution is -0.123. The standard InChI is InChI=1S/C16H23NO2.C8H9F.C6H14.C4H10/c1-2-3-6-10-17-15-8-5-4-7-13(15)12-14(9-11-18)16(17)19;1-6-3-4-8(9)5-7(6)2;1-4-5-6(2)3;1-3-4-2/h4-5,7-8,14,18H,2-3,6,9-12H2,1H3;3-5H,1-2H3;6H,4-5H2,1-3H3;3-4H2,1-2H3. The molecule has 4 heteroatoms. The average molecular weight is 530 g/mol. The molecule has 0 fully saturated rings. The summed E-state index contributed by atoms with van der Waals surface area (Å²) in [5.74, 6) is 0.874. The molecular weight excluding hydrogens is 473 g/mol. The van der Waals surface area contributed by atoms with Crippen molar-refractivity contribution in [2.75, 3.05) is 18.1 Å². The van der Waals surface area contributed by atoms with Crippen LogP contribution in [0, 0.1) is 31.5 Å². The predicted molar refractivity (Wildman–Crippen MR) is 163 cm³/mol. The number of hydrogen-bond donors (Lipinski definition) is 1. The van der Waals surface area contributed by atoms with Crippen LogP contribution in [0.2, 0.25) is 0 Å². The minimum atomic E-state index is -0.155. The minimum Gasteiger partial charge on any atom is -0.396 e. The third-order valence-electron chi connectivity index (χ3n) is 6.66. The van der Waals surface area contributed by atoms with Crippen molar-refractivity contribution in [2.45, 2.75) is 113 Å². The fourth-order valence-corrected chi connectivity index (χ4v) is 4.05. The van der Waals surface area contributed by atoms with E-state index in [0.717, 1.165) is 55.0 Å². The molecule has 0 aliphatic carbocycles. The lowest BCUT2D eigenvalue weighted by atomic mass is 9.89. The van der Waals surface area contributed by atoms with Crippen LogP contribution in [0.25, 0.3) is 0 Å². The highest BCUT2D eigenvalue weighted by Crippen LogP contribution is 2.32. The van der Waals surface area contributed by atoms with Crippen molar-refractivity contribution in [3.63, 3.8) is 0 Å². The fraction of sp³-hybridized carbons (Fsp3) is 0.618. The largest absolute Gasteiger partial charge is 0.396 e. The van der Waals surface area contributed by atoms with Crippen LogP contribution in [0.1, 0.15) is 110 Å². The zero-order chi connectivity index (χ0) is 28.9. The number of nitrogens with zero attached hydrogens (tertiary/aromatic N) is 1. The van der Waals surface area contributed by atoms with Gasteiger partial charge in [0.15, 0.2) is 0 Å². The Bertz CT molecular complexity index is 879. The maximum atomic E-state index is 12.5. The second kappa shape index (κ2) is 21.7. The Balaban J connectivity index is 0.000000595. The number of fused-ring (bicyclic) bond motifs is 1. The van der Waals surface area contributed by atoms with E-state index in [2.05, 4.69) is 47.6 Å².